The molecule has 3 aromatic rings. The molecule has 0 atom stereocenters. The Labute approximate surface area is 162 Å². The van der Waals surface area contributed by atoms with Gasteiger partial charge in [-0.1, -0.05) is 42.8 Å². The Bertz CT molecular complexity index is 986. The molecule has 1 aliphatic carbocycles. The van der Waals surface area contributed by atoms with Gasteiger partial charge in [-0.3, -0.25) is 9.36 Å². The fourth-order valence-corrected chi connectivity index (χ4v) is 5.91. The van der Waals surface area contributed by atoms with Crippen LogP contribution in [-0.2, 0) is 12.8 Å². The molecule has 0 aliphatic heterocycles. The number of thioether (sulfide) groups is 1. The van der Waals surface area contributed by atoms with Crippen molar-refractivity contribution in [3.8, 4) is 5.69 Å². The highest BCUT2D eigenvalue weighted by Crippen LogP contribution is 2.35. The van der Waals surface area contributed by atoms with Crippen molar-refractivity contribution in [2.45, 2.75) is 57.5 Å². The Morgan fingerprint density at radius 2 is 1.96 bits per heavy atom. The van der Waals surface area contributed by atoms with Crippen molar-refractivity contribution < 1.29 is 0 Å². The summed E-state index contributed by atoms with van der Waals surface area (Å²) in [5.41, 5.74) is 3.49. The molecule has 1 aromatic carbocycles. The molecule has 0 saturated carbocycles. The summed E-state index contributed by atoms with van der Waals surface area (Å²) in [7, 11) is 0. The van der Waals surface area contributed by atoms with Crippen LogP contribution in [0.3, 0.4) is 0 Å². The summed E-state index contributed by atoms with van der Waals surface area (Å²) in [5.74, 6) is 0.991. The smallest absolute Gasteiger partial charge is 0.267 e. The Hall–Kier alpha value is -1.59. The van der Waals surface area contributed by atoms with E-state index >= 15 is 0 Å². The molecule has 0 radical (unpaired) electrons. The lowest BCUT2D eigenvalue weighted by Gasteiger charge is -2.13. The molecule has 0 spiro atoms. The first-order valence-corrected chi connectivity index (χ1v) is 11.3. The molecule has 0 saturated heterocycles. The number of hydrogen-bond acceptors (Lipinski definition) is 4. The first-order valence-electron chi connectivity index (χ1n) is 9.46. The van der Waals surface area contributed by atoms with E-state index < -0.39 is 0 Å². The summed E-state index contributed by atoms with van der Waals surface area (Å²) in [4.78, 5) is 20.8. The van der Waals surface area contributed by atoms with E-state index in [9.17, 15) is 4.79 Å². The SMILES string of the molecule is CCCCSc1nc2sc3c(c2c(=O)n1-c1ccc(C)cc1)CCCC3. The lowest BCUT2D eigenvalue weighted by molar-refractivity contribution is 0.699. The topological polar surface area (TPSA) is 34.9 Å². The summed E-state index contributed by atoms with van der Waals surface area (Å²) in [5, 5.41) is 1.70. The zero-order valence-corrected chi connectivity index (χ0v) is 17.0. The molecular weight excluding hydrogens is 360 g/mol. The van der Waals surface area contributed by atoms with Gasteiger partial charge >= 0.3 is 0 Å². The second-order valence-corrected chi connectivity index (χ2v) is 9.11. The molecule has 2 aromatic heterocycles. The van der Waals surface area contributed by atoms with Crippen molar-refractivity contribution in [3.05, 3.63) is 50.6 Å². The van der Waals surface area contributed by atoms with E-state index in [-0.39, 0.29) is 5.56 Å². The minimum Gasteiger partial charge on any atom is -0.268 e. The summed E-state index contributed by atoms with van der Waals surface area (Å²) in [6, 6.07) is 8.20. The number of aromatic nitrogens is 2. The van der Waals surface area contributed by atoms with Crippen LogP contribution in [0, 0.1) is 6.92 Å². The van der Waals surface area contributed by atoms with Gasteiger partial charge in [0, 0.05) is 10.6 Å². The average Bonchev–Trinajstić information content (AvgIpc) is 3.02. The fraction of sp³-hybridized carbons (Fsp3) is 0.429. The number of hydrogen-bond donors (Lipinski definition) is 0. The van der Waals surface area contributed by atoms with E-state index in [1.165, 1.54) is 28.8 Å². The van der Waals surface area contributed by atoms with Crippen molar-refractivity contribution >= 4 is 33.3 Å². The zero-order valence-electron chi connectivity index (χ0n) is 15.4. The predicted molar refractivity (Wildman–Crippen MR) is 112 cm³/mol. The van der Waals surface area contributed by atoms with Crippen molar-refractivity contribution in [2.24, 2.45) is 0 Å². The van der Waals surface area contributed by atoms with Gasteiger partial charge in [-0.05, 0) is 56.7 Å². The molecule has 1 aliphatic rings. The van der Waals surface area contributed by atoms with Gasteiger partial charge in [0.25, 0.3) is 5.56 Å². The lowest BCUT2D eigenvalue weighted by Crippen LogP contribution is -2.22. The zero-order chi connectivity index (χ0) is 18.1. The highest BCUT2D eigenvalue weighted by molar-refractivity contribution is 7.99. The van der Waals surface area contributed by atoms with Gasteiger partial charge < -0.3 is 0 Å². The Morgan fingerprint density at radius 1 is 1.19 bits per heavy atom. The van der Waals surface area contributed by atoms with Crippen molar-refractivity contribution in [3.63, 3.8) is 0 Å². The van der Waals surface area contributed by atoms with E-state index in [4.69, 9.17) is 4.98 Å². The maximum absolute atomic E-state index is 13.5. The minimum atomic E-state index is 0.109. The standard InChI is InChI=1S/C21H24N2OS2/c1-3-4-13-25-21-22-19-18(16-7-5-6-8-17(16)26-19)20(24)23(21)15-11-9-14(2)10-12-15/h9-12H,3-8,13H2,1-2H3. The van der Waals surface area contributed by atoms with Crippen LogP contribution >= 0.6 is 23.1 Å². The predicted octanol–water partition coefficient (Wildman–Crippen LogP) is 5.53. The second-order valence-electron chi connectivity index (χ2n) is 6.96. The third-order valence-electron chi connectivity index (χ3n) is 4.98. The molecule has 5 heteroatoms. The van der Waals surface area contributed by atoms with Crippen LogP contribution in [0.15, 0.2) is 34.2 Å². The van der Waals surface area contributed by atoms with Crippen molar-refractivity contribution in [1.29, 1.82) is 0 Å². The molecule has 26 heavy (non-hydrogen) atoms. The lowest BCUT2D eigenvalue weighted by atomic mass is 9.97. The van der Waals surface area contributed by atoms with Crippen LogP contribution in [0.5, 0.6) is 0 Å². The first-order chi connectivity index (χ1) is 12.7. The maximum Gasteiger partial charge on any atom is 0.267 e. The van der Waals surface area contributed by atoms with E-state index in [0.29, 0.717) is 0 Å². The number of unbranched alkanes of at least 4 members (excludes halogenated alkanes) is 1. The quantitative estimate of drug-likeness (QED) is 0.330. The number of fused-ring (bicyclic) bond motifs is 3. The Morgan fingerprint density at radius 3 is 2.73 bits per heavy atom. The molecule has 136 valence electrons. The second kappa shape index (κ2) is 7.57. The van der Waals surface area contributed by atoms with Gasteiger partial charge in [0.05, 0.1) is 11.1 Å². The highest BCUT2D eigenvalue weighted by atomic mass is 32.2. The summed E-state index contributed by atoms with van der Waals surface area (Å²) < 4.78 is 1.84. The molecule has 0 unspecified atom stereocenters. The molecular formula is C21H24N2OS2. The van der Waals surface area contributed by atoms with Gasteiger partial charge in [0.2, 0.25) is 0 Å². The molecule has 0 bridgehead atoms. The molecule has 0 amide bonds. The Kier molecular flexibility index (Phi) is 5.18. The number of nitrogens with zero attached hydrogens (tertiary/aromatic N) is 2. The number of rotatable bonds is 5. The number of aryl methyl sites for hydroxylation is 3. The van der Waals surface area contributed by atoms with Crippen LogP contribution in [0.4, 0.5) is 0 Å². The largest absolute Gasteiger partial charge is 0.268 e. The summed E-state index contributed by atoms with van der Waals surface area (Å²) in [6.45, 7) is 4.26. The molecule has 2 heterocycles. The minimum absolute atomic E-state index is 0.109. The van der Waals surface area contributed by atoms with Gasteiger partial charge in [-0.15, -0.1) is 11.3 Å². The molecule has 3 nitrogen and oxygen atoms in total. The van der Waals surface area contributed by atoms with Gasteiger partial charge in [-0.2, -0.15) is 0 Å². The van der Waals surface area contributed by atoms with Crippen molar-refractivity contribution in [2.75, 3.05) is 5.75 Å². The van der Waals surface area contributed by atoms with Crippen LogP contribution in [0.2, 0.25) is 0 Å². The van der Waals surface area contributed by atoms with Gasteiger partial charge in [-0.25, -0.2) is 4.98 Å². The van der Waals surface area contributed by atoms with E-state index in [0.717, 1.165) is 52.5 Å². The van der Waals surface area contributed by atoms with Crippen LogP contribution in [-0.4, -0.2) is 15.3 Å². The number of thiophene rings is 1. The van der Waals surface area contributed by atoms with Gasteiger partial charge in [0.1, 0.15) is 4.83 Å². The summed E-state index contributed by atoms with van der Waals surface area (Å²) in [6.07, 6.45) is 6.80. The fourth-order valence-electron chi connectivity index (χ4n) is 3.51. The van der Waals surface area contributed by atoms with E-state index in [1.54, 1.807) is 23.1 Å². The van der Waals surface area contributed by atoms with E-state index in [1.807, 2.05) is 16.7 Å². The summed E-state index contributed by atoms with van der Waals surface area (Å²) >= 11 is 3.44. The highest BCUT2D eigenvalue weighted by Gasteiger charge is 2.22. The number of benzene rings is 1. The first kappa shape index (κ1) is 17.8. The normalized spacial score (nSPS) is 13.9. The third-order valence-corrected chi connectivity index (χ3v) is 7.19. The maximum atomic E-state index is 13.5. The molecule has 4 rings (SSSR count). The Balaban J connectivity index is 1.93. The van der Waals surface area contributed by atoms with Crippen LogP contribution in [0.25, 0.3) is 15.9 Å². The van der Waals surface area contributed by atoms with Crippen molar-refractivity contribution in [1.82, 2.24) is 9.55 Å². The van der Waals surface area contributed by atoms with Crippen LogP contribution in [0.1, 0.15) is 48.6 Å². The van der Waals surface area contributed by atoms with Crippen LogP contribution < -0.4 is 5.56 Å². The van der Waals surface area contributed by atoms with E-state index in [2.05, 4.69) is 26.0 Å². The third kappa shape index (κ3) is 3.23. The van der Waals surface area contributed by atoms with Gasteiger partial charge in [0.15, 0.2) is 5.16 Å². The monoisotopic (exact) mass is 384 g/mol. The molecule has 0 N–H and O–H groups in total. The average molecular weight is 385 g/mol. The molecule has 0 fully saturated rings.